The number of alkyl halides is 1. The van der Waals surface area contributed by atoms with Crippen molar-refractivity contribution in [3.63, 3.8) is 0 Å². The van der Waals surface area contributed by atoms with Crippen molar-refractivity contribution in [3.8, 4) is 0 Å². The van der Waals surface area contributed by atoms with Crippen molar-refractivity contribution < 1.29 is 4.79 Å². The van der Waals surface area contributed by atoms with Gasteiger partial charge in [-0.1, -0.05) is 15.9 Å². The highest BCUT2D eigenvalue weighted by atomic mass is 79.9. The lowest BCUT2D eigenvalue weighted by Crippen LogP contribution is -2.08. The van der Waals surface area contributed by atoms with Gasteiger partial charge in [0.05, 0.1) is 4.32 Å². The van der Waals surface area contributed by atoms with Gasteiger partial charge in [0.25, 0.3) is 0 Å². The molecule has 0 aromatic rings. The first-order chi connectivity index (χ1) is 3.15. The summed E-state index contributed by atoms with van der Waals surface area (Å²) in [5.74, 6) is 0.271. The lowest BCUT2D eigenvalue weighted by atomic mass is 10.3. The summed E-state index contributed by atoms with van der Waals surface area (Å²) in [6.07, 6.45) is 2.06. The zero-order chi connectivity index (χ0) is 5.49. The maximum absolute atomic E-state index is 10.5. The minimum Gasteiger partial charge on any atom is -0.298 e. The van der Waals surface area contributed by atoms with Crippen molar-refractivity contribution in [2.45, 2.75) is 24.1 Å². The normalized spacial score (nSPS) is 24.3. The van der Waals surface area contributed by atoms with Crippen molar-refractivity contribution >= 4 is 21.7 Å². The maximum atomic E-state index is 10.5. The Morgan fingerprint density at radius 2 is 2.14 bits per heavy atom. The number of carbonyl (C=O) groups is 1. The van der Waals surface area contributed by atoms with Gasteiger partial charge >= 0.3 is 0 Å². The predicted octanol–water partition coefficient (Wildman–Crippen LogP) is 1.50. The molecule has 1 fully saturated rings. The van der Waals surface area contributed by atoms with Crippen LogP contribution in [-0.4, -0.2) is 10.1 Å². The maximum Gasteiger partial charge on any atom is 0.146 e. The van der Waals surface area contributed by atoms with Crippen LogP contribution in [0.1, 0.15) is 19.8 Å². The molecule has 7 heavy (non-hydrogen) atoms. The van der Waals surface area contributed by atoms with E-state index in [-0.39, 0.29) is 10.1 Å². The van der Waals surface area contributed by atoms with Crippen LogP contribution in [0.3, 0.4) is 0 Å². The second kappa shape index (κ2) is 1.31. The molecule has 0 radical (unpaired) electrons. The molecule has 1 nitrogen and oxygen atoms in total. The molecule has 0 atom stereocenters. The summed E-state index contributed by atoms with van der Waals surface area (Å²) in [5, 5.41) is 0. The van der Waals surface area contributed by atoms with E-state index in [2.05, 4.69) is 15.9 Å². The van der Waals surface area contributed by atoms with E-state index in [1.165, 1.54) is 0 Å². The van der Waals surface area contributed by atoms with Crippen LogP contribution >= 0.6 is 15.9 Å². The van der Waals surface area contributed by atoms with E-state index in [9.17, 15) is 4.79 Å². The Morgan fingerprint density at radius 1 is 1.71 bits per heavy atom. The number of hydrogen-bond acceptors (Lipinski definition) is 1. The molecular formula is C5H7BrO. The van der Waals surface area contributed by atoms with Crippen LogP contribution < -0.4 is 0 Å². The average molecular weight is 163 g/mol. The number of hydrogen-bond donors (Lipinski definition) is 0. The molecule has 1 aliphatic carbocycles. The zero-order valence-electron chi connectivity index (χ0n) is 4.20. The third-order valence-corrected chi connectivity index (χ3v) is 2.67. The van der Waals surface area contributed by atoms with Crippen molar-refractivity contribution in [3.05, 3.63) is 0 Å². The molecule has 1 aliphatic rings. The summed E-state index contributed by atoms with van der Waals surface area (Å²) in [6, 6.07) is 0. The monoisotopic (exact) mass is 162 g/mol. The molecule has 0 heterocycles. The summed E-state index contributed by atoms with van der Waals surface area (Å²) >= 11 is 3.30. The van der Waals surface area contributed by atoms with Crippen molar-refractivity contribution in [1.29, 1.82) is 0 Å². The average Bonchev–Trinajstić information content (AvgIpc) is 2.21. The summed E-state index contributed by atoms with van der Waals surface area (Å²) in [5.41, 5.74) is 0. The Hall–Kier alpha value is 0.150. The second-order valence-corrected chi connectivity index (χ2v) is 3.54. The minimum atomic E-state index is -0.0764. The topological polar surface area (TPSA) is 17.1 Å². The molecule has 0 aliphatic heterocycles. The van der Waals surface area contributed by atoms with E-state index in [4.69, 9.17) is 0 Å². The van der Waals surface area contributed by atoms with Gasteiger partial charge in [0.15, 0.2) is 0 Å². The molecule has 2 heteroatoms. The fraction of sp³-hybridized carbons (Fsp3) is 0.800. The van der Waals surface area contributed by atoms with Gasteiger partial charge < -0.3 is 0 Å². The summed E-state index contributed by atoms with van der Waals surface area (Å²) in [6.45, 7) is 1.63. The Labute approximate surface area is 51.2 Å². The van der Waals surface area contributed by atoms with Crippen LogP contribution in [-0.2, 0) is 4.79 Å². The van der Waals surface area contributed by atoms with Crippen LogP contribution in [0.4, 0.5) is 0 Å². The number of rotatable bonds is 1. The zero-order valence-corrected chi connectivity index (χ0v) is 5.79. The lowest BCUT2D eigenvalue weighted by Gasteiger charge is -1.94. The van der Waals surface area contributed by atoms with Gasteiger partial charge in [-0.25, -0.2) is 0 Å². The van der Waals surface area contributed by atoms with Crippen molar-refractivity contribution in [1.82, 2.24) is 0 Å². The summed E-state index contributed by atoms with van der Waals surface area (Å²) in [7, 11) is 0. The lowest BCUT2D eigenvalue weighted by molar-refractivity contribution is -0.117. The fourth-order valence-electron chi connectivity index (χ4n) is 0.462. The number of carbonyl (C=O) groups excluding carboxylic acids is 1. The van der Waals surface area contributed by atoms with E-state index in [1.807, 2.05) is 0 Å². The Morgan fingerprint density at radius 3 is 2.14 bits per heavy atom. The van der Waals surface area contributed by atoms with Gasteiger partial charge in [0.1, 0.15) is 5.78 Å². The van der Waals surface area contributed by atoms with Gasteiger partial charge in [-0.15, -0.1) is 0 Å². The molecule has 0 aromatic carbocycles. The molecule has 1 rings (SSSR count). The minimum absolute atomic E-state index is 0.0764. The van der Waals surface area contributed by atoms with Crippen LogP contribution in [0, 0.1) is 0 Å². The Kier molecular flexibility index (Phi) is 0.991. The van der Waals surface area contributed by atoms with E-state index in [1.54, 1.807) is 6.92 Å². The first-order valence-corrected chi connectivity index (χ1v) is 3.14. The van der Waals surface area contributed by atoms with Crippen molar-refractivity contribution in [2.75, 3.05) is 0 Å². The SMILES string of the molecule is CC(=O)C1(Br)CC1. The molecule has 0 N–H and O–H groups in total. The van der Waals surface area contributed by atoms with Crippen LogP contribution in [0.2, 0.25) is 0 Å². The Balaban J connectivity index is 2.55. The Bertz CT molecular complexity index is 105. The van der Waals surface area contributed by atoms with Gasteiger partial charge in [-0.05, 0) is 19.8 Å². The number of Topliss-reactive ketones (excluding diaryl/α,β-unsaturated/α-hetero) is 1. The number of halogens is 1. The van der Waals surface area contributed by atoms with Gasteiger partial charge in [0, 0.05) is 0 Å². The highest BCUT2D eigenvalue weighted by Crippen LogP contribution is 2.44. The quantitative estimate of drug-likeness (QED) is 0.535. The van der Waals surface area contributed by atoms with E-state index in [0.717, 1.165) is 12.8 Å². The predicted molar refractivity (Wildman–Crippen MR) is 31.6 cm³/mol. The first-order valence-electron chi connectivity index (χ1n) is 2.35. The fourth-order valence-corrected chi connectivity index (χ4v) is 0.660. The molecule has 0 aromatic heterocycles. The van der Waals surface area contributed by atoms with E-state index >= 15 is 0 Å². The van der Waals surface area contributed by atoms with Gasteiger partial charge in [0.2, 0.25) is 0 Å². The molecule has 0 bridgehead atoms. The largest absolute Gasteiger partial charge is 0.298 e. The third-order valence-electron chi connectivity index (χ3n) is 1.32. The third kappa shape index (κ3) is 0.852. The second-order valence-electron chi connectivity index (χ2n) is 2.02. The van der Waals surface area contributed by atoms with E-state index < -0.39 is 0 Å². The molecular weight excluding hydrogens is 156 g/mol. The smallest absolute Gasteiger partial charge is 0.146 e. The molecule has 1 saturated carbocycles. The highest BCUT2D eigenvalue weighted by Gasteiger charge is 2.44. The summed E-state index contributed by atoms with van der Waals surface area (Å²) < 4.78 is -0.0764. The molecule has 0 unspecified atom stereocenters. The molecule has 0 spiro atoms. The first kappa shape index (κ1) is 5.29. The summed E-state index contributed by atoms with van der Waals surface area (Å²) in [4.78, 5) is 10.5. The highest BCUT2D eigenvalue weighted by molar-refractivity contribution is 9.10. The molecule has 0 saturated heterocycles. The standard InChI is InChI=1S/C5H7BrO/c1-4(7)5(6)2-3-5/h2-3H2,1H3. The van der Waals surface area contributed by atoms with Crippen LogP contribution in [0.15, 0.2) is 0 Å². The number of ketones is 1. The van der Waals surface area contributed by atoms with Gasteiger partial charge in [-0.2, -0.15) is 0 Å². The van der Waals surface area contributed by atoms with E-state index in [0.29, 0.717) is 0 Å². The molecule has 40 valence electrons. The molecule has 0 amide bonds. The van der Waals surface area contributed by atoms with Crippen LogP contribution in [0.5, 0.6) is 0 Å². The van der Waals surface area contributed by atoms with Gasteiger partial charge in [-0.3, -0.25) is 4.79 Å². The van der Waals surface area contributed by atoms with Crippen molar-refractivity contribution in [2.24, 2.45) is 0 Å². The van der Waals surface area contributed by atoms with Crippen LogP contribution in [0.25, 0.3) is 0 Å².